The summed E-state index contributed by atoms with van der Waals surface area (Å²) in [6.07, 6.45) is 6.12. The van der Waals surface area contributed by atoms with Crippen LogP contribution in [0.5, 0.6) is 0 Å². The van der Waals surface area contributed by atoms with Crippen LogP contribution in [0.15, 0.2) is 30.5 Å². The van der Waals surface area contributed by atoms with E-state index in [1.54, 1.807) is 0 Å². The summed E-state index contributed by atoms with van der Waals surface area (Å²) in [6.45, 7) is 2.04. The molecular weight excluding hydrogens is 332 g/mol. The first-order chi connectivity index (χ1) is 12.3. The largest absolute Gasteiger partial charge is 0.328 e. The highest BCUT2D eigenvalue weighted by Gasteiger charge is 2.17. The Balaban J connectivity index is 1.40. The molecule has 132 valence electrons. The molecule has 0 saturated carbocycles. The molecule has 0 radical (unpaired) electrons. The molecule has 5 nitrogen and oxygen atoms in total. The van der Waals surface area contributed by atoms with E-state index in [9.17, 15) is 4.79 Å². The van der Waals surface area contributed by atoms with Gasteiger partial charge in [-0.1, -0.05) is 0 Å². The molecule has 0 aliphatic carbocycles. The molecule has 1 amide bonds. The molecule has 2 aliphatic rings. The SMILES string of the molecule is O=C(CC1CSCCN1)Nc1ccc(-c2ncc3n2CCCC3)cc1. The zero-order chi connectivity index (χ0) is 17.1. The number of nitrogens with one attached hydrogen (secondary N) is 2. The third-order valence-corrected chi connectivity index (χ3v) is 5.99. The number of rotatable bonds is 4. The van der Waals surface area contributed by atoms with Gasteiger partial charge in [-0.05, 0) is 43.5 Å². The molecule has 1 unspecified atom stereocenters. The van der Waals surface area contributed by atoms with Gasteiger partial charge in [0.25, 0.3) is 0 Å². The number of nitrogens with zero attached hydrogens (tertiary/aromatic N) is 2. The standard InChI is InChI=1S/C19H24N4OS/c24-18(11-16-13-25-10-8-20-16)22-15-6-4-14(5-7-15)19-21-12-17-3-1-2-9-23(17)19/h4-7,12,16,20H,1-3,8-11,13H2,(H,22,24). The summed E-state index contributed by atoms with van der Waals surface area (Å²) in [7, 11) is 0. The molecule has 1 aromatic heterocycles. The maximum Gasteiger partial charge on any atom is 0.225 e. The minimum Gasteiger partial charge on any atom is -0.328 e. The lowest BCUT2D eigenvalue weighted by Gasteiger charge is -2.22. The third kappa shape index (κ3) is 3.90. The molecule has 0 spiro atoms. The van der Waals surface area contributed by atoms with Crippen molar-refractivity contribution in [2.75, 3.05) is 23.4 Å². The molecule has 1 aromatic carbocycles. The number of hydrogen-bond donors (Lipinski definition) is 2. The Hall–Kier alpha value is -1.79. The van der Waals surface area contributed by atoms with E-state index in [4.69, 9.17) is 0 Å². The highest BCUT2D eigenvalue weighted by molar-refractivity contribution is 7.99. The minimum absolute atomic E-state index is 0.0749. The van der Waals surface area contributed by atoms with Crippen molar-refractivity contribution in [3.05, 3.63) is 36.2 Å². The zero-order valence-corrected chi connectivity index (χ0v) is 15.1. The van der Waals surface area contributed by atoms with E-state index < -0.39 is 0 Å². The van der Waals surface area contributed by atoms with Crippen molar-refractivity contribution in [1.29, 1.82) is 0 Å². The van der Waals surface area contributed by atoms with Crippen LogP contribution in [0.3, 0.4) is 0 Å². The maximum atomic E-state index is 12.2. The van der Waals surface area contributed by atoms with Gasteiger partial charge in [0.15, 0.2) is 0 Å². The van der Waals surface area contributed by atoms with E-state index in [-0.39, 0.29) is 11.9 Å². The van der Waals surface area contributed by atoms with Crippen molar-refractivity contribution in [3.8, 4) is 11.4 Å². The summed E-state index contributed by atoms with van der Waals surface area (Å²) in [5, 5.41) is 6.41. The summed E-state index contributed by atoms with van der Waals surface area (Å²) in [4.78, 5) is 16.8. The Morgan fingerprint density at radius 1 is 1.32 bits per heavy atom. The Bertz CT molecular complexity index is 734. The van der Waals surface area contributed by atoms with Crippen LogP contribution in [0.2, 0.25) is 0 Å². The summed E-state index contributed by atoms with van der Waals surface area (Å²) in [5.41, 5.74) is 3.29. The number of anilines is 1. The van der Waals surface area contributed by atoms with Crippen LogP contribution in [0, 0.1) is 0 Å². The van der Waals surface area contributed by atoms with Gasteiger partial charge in [-0.3, -0.25) is 4.79 Å². The molecule has 2 N–H and O–H groups in total. The number of thioether (sulfide) groups is 1. The number of aromatic nitrogens is 2. The number of amides is 1. The van der Waals surface area contributed by atoms with Gasteiger partial charge in [-0.15, -0.1) is 0 Å². The predicted molar refractivity (Wildman–Crippen MR) is 103 cm³/mol. The molecule has 3 heterocycles. The van der Waals surface area contributed by atoms with Gasteiger partial charge in [0.2, 0.25) is 5.91 Å². The normalized spacial score (nSPS) is 20.1. The van der Waals surface area contributed by atoms with E-state index in [0.717, 1.165) is 48.1 Å². The fraction of sp³-hybridized carbons (Fsp3) is 0.474. The van der Waals surface area contributed by atoms with Gasteiger partial charge < -0.3 is 15.2 Å². The quantitative estimate of drug-likeness (QED) is 0.884. The number of benzene rings is 1. The van der Waals surface area contributed by atoms with Crippen molar-refractivity contribution >= 4 is 23.4 Å². The van der Waals surface area contributed by atoms with Crippen molar-refractivity contribution in [3.63, 3.8) is 0 Å². The van der Waals surface area contributed by atoms with Gasteiger partial charge in [-0.25, -0.2) is 4.98 Å². The van der Waals surface area contributed by atoms with Crippen LogP contribution in [0.4, 0.5) is 5.69 Å². The lowest BCUT2D eigenvalue weighted by Crippen LogP contribution is -2.39. The number of fused-ring (bicyclic) bond motifs is 1. The van der Waals surface area contributed by atoms with Crippen molar-refractivity contribution < 1.29 is 4.79 Å². The monoisotopic (exact) mass is 356 g/mol. The van der Waals surface area contributed by atoms with Crippen LogP contribution in [0.1, 0.15) is 25.0 Å². The summed E-state index contributed by atoms with van der Waals surface area (Å²) in [6, 6.07) is 8.33. The summed E-state index contributed by atoms with van der Waals surface area (Å²) in [5.74, 6) is 3.26. The Morgan fingerprint density at radius 2 is 2.20 bits per heavy atom. The van der Waals surface area contributed by atoms with E-state index in [0.29, 0.717) is 6.42 Å². The third-order valence-electron chi connectivity index (χ3n) is 4.86. The zero-order valence-electron chi connectivity index (χ0n) is 14.3. The van der Waals surface area contributed by atoms with Crippen molar-refractivity contribution in [1.82, 2.24) is 14.9 Å². The molecule has 25 heavy (non-hydrogen) atoms. The number of carbonyl (C=O) groups is 1. The first kappa shape index (κ1) is 16.7. The topological polar surface area (TPSA) is 59.0 Å². The fourth-order valence-corrected chi connectivity index (χ4v) is 4.50. The second-order valence-corrected chi connectivity index (χ2v) is 7.89. The number of imidazole rings is 1. The number of carbonyl (C=O) groups excluding carboxylic acids is 1. The van der Waals surface area contributed by atoms with Crippen LogP contribution in [-0.2, 0) is 17.8 Å². The van der Waals surface area contributed by atoms with Crippen LogP contribution >= 0.6 is 11.8 Å². The molecule has 1 fully saturated rings. The second kappa shape index (κ2) is 7.62. The summed E-state index contributed by atoms with van der Waals surface area (Å²) >= 11 is 1.91. The Kier molecular flexibility index (Phi) is 5.08. The van der Waals surface area contributed by atoms with Gasteiger partial charge in [0.05, 0.1) is 0 Å². The first-order valence-corrected chi connectivity index (χ1v) is 10.2. The Morgan fingerprint density at radius 3 is 3.00 bits per heavy atom. The van der Waals surface area contributed by atoms with Crippen molar-refractivity contribution in [2.24, 2.45) is 0 Å². The lowest BCUT2D eigenvalue weighted by atomic mass is 10.1. The van der Waals surface area contributed by atoms with Crippen molar-refractivity contribution in [2.45, 2.75) is 38.3 Å². The molecule has 6 heteroatoms. The van der Waals surface area contributed by atoms with E-state index in [1.165, 1.54) is 18.5 Å². The molecule has 0 bridgehead atoms. The molecule has 1 saturated heterocycles. The van der Waals surface area contributed by atoms with Crippen LogP contribution in [0.25, 0.3) is 11.4 Å². The van der Waals surface area contributed by atoms with Gasteiger partial charge >= 0.3 is 0 Å². The summed E-state index contributed by atoms with van der Waals surface area (Å²) < 4.78 is 2.32. The van der Waals surface area contributed by atoms with Crippen LogP contribution in [-0.4, -0.2) is 39.6 Å². The molecule has 2 aromatic rings. The molecule has 4 rings (SSSR count). The number of aryl methyl sites for hydroxylation is 1. The average Bonchev–Trinajstić information content (AvgIpc) is 3.07. The fourth-order valence-electron chi connectivity index (χ4n) is 3.56. The second-order valence-electron chi connectivity index (χ2n) is 6.74. The van der Waals surface area contributed by atoms with E-state index in [1.807, 2.05) is 30.1 Å². The predicted octanol–water partition coefficient (Wildman–Crippen LogP) is 2.92. The van der Waals surface area contributed by atoms with E-state index in [2.05, 4.69) is 32.3 Å². The van der Waals surface area contributed by atoms with Crippen LogP contribution < -0.4 is 10.6 Å². The Labute approximate surface area is 152 Å². The molecular formula is C19H24N4OS. The molecule has 2 aliphatic heterocycles. The highest BCUT2D eigenvalue weighted by atomic mass is 32.2. The highest BCUT2D eigenvalue weighted by Crippen LogP contribution is 2.25. The van der Waals surface area contributed by atoms with Gasteiger partial charge in [0, 0.05) is 60.2 Å². The minimum atomic E-state index is 0.0749. The average molecular weight is 356 g/mol. The smallest absolute Gasteiger partial charge is 0.225 e. The maximum absolute atomic E-state index is 12.2. The van der Waals surface area contributed by atoms with Gasteiger partial charge in [-0.2, -0.15) is 11.8 Å². The van der Waals surface area contributed by atoms with Gasteiger partial charge in [0.1, 0.15) is 5.82 Å². The molecule has 1 atom stereocenters. The lowest BCUT2D eigenvalue weighted by molar-refractivity contribution is -0.116. The van der Waals surface area contributed by atoms with E-state index >= 15 is 0 Å². The first-order valence-electron chi connectivity index (χ1n) is 9.05. The number of hydrogen-bond acceptors (Lipinski definition) is 4.